The van der Waals surface area contributed by atoms with E-state index in [9.17, 15) is 24.6 Å². The minimum atomic E-state index is -4.68. The van der Waals surface area contributed by atoms with E-state index < -0.39 is 38.3 Å². The van der Waals surface area contributed by atoms with Crippen molar-refractivity contribution in [3.8, 4) is 0 Å². The average molecular weight is 331 g/mol. The standard InChI is InChI=1S/C10H14N5O6P/c11-8-5-9(13-2-12-8)15(3-14-5)10-6(17)7(22(18,19)20)4(1-16)21-10/h2-4,6-7,10,16-17H,1H2,(H2,11,12,13)(H2,18,19,20)/t4-,6-,7-,10-/m1/s1. The summed E-state index contributed by atoms with van der Waals surface area (Å²) in [4.78, 5) is 30.5. The molecule has 0 unspecified atom stereocenters. The SMILES string of the molecule is Nc1ncnc2c1ncn2[C@@H]1O[C@H](CO)[C@@H](P(=O)(O)O)[C@H]1O. The number of imidazole rings is 1. The van der Waals surface area contributed by atoms with Crippen molar-refractivity contribution in [3.63, 3.8) is 0 Å². The number of nitrogens with zero attached hydrogens (tertiary/aromatic N) is 4. The predicted molar refractivity (Wildman–Crippen MR) is 72.6 cm³/mol. The lowest BCUT2D eigenvalue weighted by Crippen LogP contribution is -2.33. The van der Waals surface area contributed by atoms with Gasteiger partial charge in [0.25, 0.3) is 0 Å². The summed E-state index contributed by atoms with van der Waals surface area (Å²) in [5.74, 6) is 0.126. The summed E-state index contributed by atoms with van der Waals surface area (Å²) in [6, 6.07) is 0. The van der Waals surface area contributed by atoms with Gasteiger partial charge in [-0.1, -0.05) is 0 Å². The lowest BCUT2D eigenvalue weighted by molar-refractivity contribution is -0.0487. The van der Waals surface area contributed by atoms with Crippen LogP contribution in [0.2, 0.25) is 0 Å². The highest BCUT2D eigenvalue weighted by atomic mass is 31.2. The molecule has 3 heterocycles. The van der Waals surface area contributed by atoms with Gasteiger partial charge in [0.15, 0.2) is 17.7 Å². The van der Waals surface area contributed by atoms with Gasteiger partial charge in [0.05, 0.1) is 12.9 Å². The molecule has 0 spiro atoms. The Bertz CT molecular complexity index is 746. The number of ether oxygens (including phenoxy) is 1. The summed E-state index contributed by atoms with van der Waals surface area (Å²) in [6.45, 7) is -0.646. The molecule has 22 heavy (non-hydrogen) atoms. The monoisotopic (exact) mass is 331 g/mol. The van der Waals surface area contributed by atoms with Gasteiger partial charge in [0.1, 0.15) is 29.7 Å². The molecule has 120 valence electrons. The summed E-state index contributed by atoms with van der Waals surface area (Å²) in [5.41, 5.74) is 4.64. The Morgan fingerprint density at radius 2 is 2.09 bits per heavy atom. The van der Waals surface area contributed by atoms with Crippen molar-refractivity contribution in [2.75, 3.05) is 12.3 Å². The minimum absolute atomic E-state index is 0.126. The van der Waals surface area contributed by atoms with Crippen molar-refractivity contribution < 1.29 is 29.3 Å². The van der Waals surface area contributed by atoms with Crippen LogP contribution < -0.4 is 5.73 Å². The average Bonchev–Trinajstić information content (AvgIpc) is 2.99. The van der Waals surface area contributed by atoms with Gasteiger partial charge < -0.3 is 30.5 Å². The van der Waals surface area contributed by atoms with Gasteiger partial charge in [0.2, 0.25) is 0 Å². The van der Waals surface area contributed by atoms with Crippen LogP contribution in [0.25, 0.3) is 11.2 Å². The highest BCUT2D eigenvalue weighted by Gasteiger charge is 2.53. The molecule has 4 atom stereocenters. The van der Waals surface area contributed by atoms with Crippen molar-refractivity contribution >= 4 is 24.6 Å². The van der Waals surface area contributed by atoms with Crippen molar-refractivity contribution in [1.82, 2.24) is 19.5 Å². The first kappa shape index (κ1) is 15.3. The Morgan fingerprint density at radius 3 is 2.68 bits per heavy atom. The first-order valence-electron chi connectivity index (χ1n) is 6.27. The lowest BCUT2D eigenvalue weighted by atomic mass is 10.2. The van der Waals surface area contributed by atoms with Crippen molar-refractivity contribution in [2.24, 2.45) is 0 Å². The van der Waals surface area contributed by atoms with Crippen LogP contribution in [0.15, 0.2) is 12.7 Å². The van der Waals surface area contributed by atoms with E-state index in [4.69, 9.17) is 10.5 Å². The van der Waals surface area contributed by atoms with E-state index in [0.29, 0.717) is 0 Å². The summed E-state index contributed by atoms with van der Waals surface area (Å²) in [7, 11) is -4.68. The minimum Gasteiger partial charge on any atom is -0.394 e. The number of nitrogens with two attached hydrogens (primary N) is 1. The van der Waals surface area contributed by atoms with E-state index in [1.54, 1.807) is 0 Å². The topological polar surface area (TPSA) is 177 Å². The number of aliphatic hydroxyl groups is 2. The first-order chi connectivity index (χ1) is 10.3. The fourth-order valence-corrected chi connectivity index (χ4v) is 3.72. The summed E-state index contributed by atoms with van der Waals surface area (Å²) < 4.78 is 18.2. The quantitative estimate of drug-likeness (QED) is 0.403. The number of anilines is 1. The van der Waals surface area contributed by atoms with Crippen LogP contribution in [0.3, 0.4) is 0 Å². The maximum absolute atomic E-state index is 11.5. The van der Waals surface area contributed by atoms with E-state index in [1.165, 1.54) is 17.2 Å². The van der Waals surface area contributed by atoms with Gasteiger partial charge in [-0.2, -0.15) is 0 Å². The molecule has 2 aromatic heterocycles. The smallest absolute Gasteiger partial charge is 0.334 e. The van der Waals surface area contributed by atoms with Crippen LogP contribution >= 0.6 is 7.60 Å². The molecule has 11 nitrogen and oxygen atoms in total. The third-order valence-corrected chi connectivity index (χ3v) is 4.98. The summed E-state index contributed by atoms with van der Waals surface area (Å²) in [6.07, 6.45) is -1.44. The van der Waals surface area contributed by atoms with Gasteiger partial charge in [-0.05, 0) is 0 Å². The maximum atomic E-state index is 11.5. The fourth-order valence-electron chi connectivity index (χ4n) is 2.58. The summed E-state index contributed by atoms with van der Waals surface area (Å²) in [5, 5.41) is 19.5. The molecular formula is C10H14N5O6P. The molecule has 0 saturated carbocycles. The zero-order chi connectivity index (χ0) is 16.1. The van der Waals surface area contributed by atoms with Crippen LogP contribution in [-0.2, 0) is 9.30 Å². The first-order valence-corrected chi connectivity index (χ1v) is 7.95. The normalized spacial score (nSPS) is 29.3. The highest BCUT2D eigenvalue weighted by molar-refractivity contribution is 7.52. The van der Waals surface area contributed by atoms with E-state index in [1.807, 2.05) is 0 Å². The second-order valence-corrected chi connectivity index (χ2v) is 6.68. The molecule has 2 aromatic rings. The van der Waals surface area contributed by atoms with Crippen LogP contribution in [0.1, 0.15) is 6.23 Å². The number of hydrogen-bond acceptors (Lipinski definition) is 8. The third-order valence-electron chi connectivity index (χ3n) is 3.57. The molecule has 1 aliphatic rings. The number of fused-ring (bicyclic) bond motifs is 1. The Labute approximate surface area is 123 Å². The van der Waals surface area contributed by atoms with Gasteiger partial charge in [-0.3, -0.25) is 9.13 Å². The van der Waals surface area contributed by atoms with Gasteiger partial charge in [0, 0.05) is 0 Å². The number of aromatic nitrogens is 4. The van der Waals surface area contributed by atoms with E-state index in [2.05, 4.69) is 15.0 Å². The van der Waals surface area contributed by atoms with Crippen LogP contribution in [0, 0.1) is 0 Å². The summed E-state index contributed by atoms with van der Waals surface area (Å²) >= 11 is 0. The second kappa shape index (κ2) is 5.23. The van der Waals surface area contributed by atoms with Crippen LogP contribution in [0.4, 0.5) is 5.82 Å². The Balaban J connectivity index is 2.05. The van der Waals surface area contributed by atoms with Crippen molar-refractivity contribution in [3.05, 3.63) is 12.7 Å². The largest absolute Gasteiger partial charge is 0.394 e. The molecule has 6 N–H and O–H groups in total. The van der Waals surface area contributed by atoms with Gasteiger partial charge in [-0.25, -0.2) is 15.0 Å². The molecule has 1 saturated heterocycles. The zero-order valence-electron chi connectivity index (χ0n) is 11.1. The van der Waals surface area contributed by atoms with Gasteiger partial charge in [-0.15, -0.1) is 0 Å². The third kappa shape index (κ3) is 2.28. The molecule has 0 radical (unpaired) electrons. The number of rotatable bonds is 3. The van der Waals surface area contributed by atoms with Crippen LogP contribution in [-0.4, -0.2) is 64.0 Å². The second-order valence-electron chi connectivity index (χ2n) is 4.90. The molecular weight excluding hydrogens is 317 g/mol. The lowest BCUT2D eigenvalue weighted by Gasteiger charge is -2.20. The molecule has 0 bridgehead atoms. The van der Waals surface area contributed by atoms with E-state index in [0.717, 1.165) is 0 Å². The Hall–Kier alpha value is -1.62. The van der Waals surface area contributed by atoms with Gasteiger partial charge >= 0.3 is 7.60 Å². The molecule has 0 amide bonds. The Morgan fingerprint density at radius 1 is 1.36 bits per heavy atom. The van der Waals surface area contributed by atoms with Crippen molar-refractivity contribution in [2.45, 2.75) is 24.1 Å². The number of nitrogen functional groups attached to an aromatic ring is 1. The molecule has 1 aliphatic heterocycles. The molecule has 12 heteroatoms. The Kier molecular flexibility index (Phi) is 3.63. The highest BCUT2D eigenvalue weighted by Crippen LogP contribution is 2.51. The van der Waals surface area contributed by atoms with Crippen LogP contribution in [0.5, 0.6) is 0 Å². The molecule has 0 aliphatic carbocycles. The number of aliphatic hydroxyl groups excluding tert-OH is 2. The fraction of sp³-hybridized carbons (Fsp3) is 0.500. The number of hydrogen-bond donors (Lipinski definition) is 5. The molecule has 3 rings (SSSR count). The zero-order valence-corrected chi connectivity index (χ0v) is 12.0. The van der Waals surface area contributed by atoms with E-state index >= 15 is 0 Å². The van der Waals surface area contributed by atoms with E-state index in [-0.39, 0.29) is 17.0 Å². The van der Waals surface area contributed by atoms with Crippen molar-refractivity contribution in [1.29, 1.82) is 0 Å². The molecule has 1 fully saturated rings. The molecule has 0 aromatic carbocycles. The maximum Gasteiger partial charge on any atom is 0.334 e. The predicted octanol–water partition coefficient (Wildman–Crippen LogP) is -1.79.